The van der Waals surface area contributed by atoms with E-state index in [1.54, 1.807) is 17.8 Å². The molecule has 0 fully saturated rings. The van der Waals surface area contributed by atoms with Crippen LogP contribution in [0.1, 0.15) is 30.6 Å². The second-order valence-electron chi connectivity index (χ2n) is 4.14. The second-order valence-corrected chi connectivity index (χ2v) is 7.97. The number of nitrogens with zero attached hydrogens (tertiary/aromatic N) is 2. The lowest BCUT2D eigenvalue weighted by molar-refractivity contribution is 0.102. The Morgan fingerprint density at radius 2 is 2.20 bits per heavy atom. The smallest absolute Gasteiger partial charge is 0.258 e. The highest BCUT2D eigenvalue weighted by atomic mass is 127. The molecule has 0 saturated heterocycles. The number of nitrogens with one attached hydrogen (secondary N) is 1. The Labute approximate surface area is 139 Å². The van der Waals surface area contributed by atoms with Crippen LogP contribution in [0.25, 0.3) is 0 Å². The van der Waals surface area contributed by atoms with Gasteiger partial charge >= 0.3 is 0 Å². The molecule has 1 aromatic heterocycles. The summed E-state index contributed by atoms with van der Waals surface area (Å²) in [5, 5.41) is 11.9. The fraction of sp³-hybridized carbons (Fsp3) is 0.308. The molecule has 1 N–H and O–H groups in total. The van der Waals surface area contributed by atoms with Gasteiger partial charge in [0.15, 0.2) is 4.34 Å². The van der Waals surface area contributed by atoms with Crippen molar-refractivity contribution in [3.63, 3.8) is 0 Å². The van der Waals surface area contributed by atoms with Crippen LogP contribution in [-0.4, -0.2) is 21.4 Å². The maximum atomic E-state index is 12.1. The lowest BCUT2D eigenvalue weighted by Crippen LogP contribution is -2.13. The van der Waals surface area contributed by atoms with Crippen molar-refractivity contribution in [1.82, 2.24) is 10.2 Å². The molecule has 0 bridgehead atoms. The van der Waals surface area contributed by atoms with E-state index in [1.165, 1.54) is 11.3 Å². The van der Waals surface area contributed by atoms with E-state index in [1.807, 2.05) is 18.2 Å². The SMILES string of the molecule is CCC(C)Sc1nnc(NC(=O)c2ccccc2I)s1. The summed E-state index contributed by atoms with van der Waals surface area (Å²) in [6, 6.07) is 7.46. The predicted molar refractivity (Wildman–Crippen MR) is 92.6 cm³/mol. The predicted octanol–water partition coefficient (Wildman–Crippen LogP) is 4.29. The van der Waals surface area contributed by atoms with Crippen molar-refractivity contribution >= 4 is 56.7 Å². The summed E-state index contributed by atoms with van der Waals surface area (Å²) in [7, 11) is 0. The van der Waals surface area contributed by atoms with Gasteiger partial charge < -0.3 is 0 Å². The summed E-state index contributed by atoms with van der Waals surface area (Å²) < 4.78 is 1.80. The minimum Gasteiger partial charge on any atom is -0.296 e. The van der Waals surface area contributed by atoms with E-state index in [4.69, 9.17) is 0 Å². The highest BCUT2D eigenvalue weighted by Gasteiger charge is 2.13. The molecule has 4 nitrogen and oxygen atoms in total. The number of carbonyl (C=O) groups excluding carboxylic acids is 1. The van der Waals surface area contributed by atoms with E-state index in [0.717, 1.165) is 14.3 Å². The van der Waals surface area contributed by atoms with Gasteiger partial charge in [-0.1, -0.05) is 49.1 Å². The zero-order chi connectivity index (χ0) is 14.5. The van der Waals surface area contributed by atoms with E-state index in [0.29, 0.717) is 15.9 Å². The van der Waals surface area contributed by atoms with E-state index in [-0.39, 0.29) is 5.91 Å². The number of aromatic nitrogens is 2. The van der Waals surface area contributed by atoms with Crippen LogP contribution >= 0.6 is 45.7 Å². The first-order chi connectivity index (χ1) is 9.60. The van der Waals surface area contributed by atoms with Gasteiger partial charge in [0.1, 0.15) is 0 Å². The maximum Gasteiger partial charge on any atom is 0.258 e. The van der Waals surface area contributed by atoms with Crippen LogP contribution < -0.4 is 5.32 Å². The Balaban J connectivity index is 2.04. The van der Waals surface area contributed by atoms with Crippen LogP contribution in [0, 0.1) is 3.57 Å². The van der Waals surface area contributed by atoms with Crippen LogP contribution in [0.4, 0.5) is 5.13 Å². The van der Waals surface area contributed by atoms with Gasteiger partial charge in [0.05, 0.1) is 5.56 Å². The molecular formula is C13H14IN3OS2. The standard InChI is InChI=1S/C13H14IN3OS2/c1-3-8(2)19-13-17-16-12(20-13)15-11(18)9-6-4-5-7-10(9)14/h4-8H,3H2,1-2H3,(H,15,16,18). The van der Waals surface area contributed by atoms with Crippen LogP contribution in [0.3, 0.4) is 0 Å². The topological polar surface area (TPSA) is 54.9 Å². The molecule has 0 aliphatic carbocycles. The van der Waals surface area contributed by atoms with E-state index in [2.05, 4.69) is 52.0 Å². The Bertz CT molecular complexity index is 603. The molecule has 2 rings (SSSR count). The molecule has 0 saturated carbocycles. The molecule has 1 atom stereocenters. The molecule has 0 aliphatic rings. The average Bonchev–Trinajstić information content (AvgIpc) is 2.86. The number of hydrogen-bond donors (Lipinski definition) is 1. The van der Waals surface area contributed by atoms with Gasteiger partial charge in [-0.25, -0.2) is 0 Å². The normalized spacial score (nSPS) is 12.2. The fourth-order valence-electron chi connectivity index (χ4n) is 1.37. The van der Waals surface area contributed by atoms with E-state index < -0.39 is 0 Å². The molecule has 0 radical (unpaired) electrons. The third kappa shape index (κ3) is 4.16. The summed E-state index contributed by atoms with van der Waals surface area (Å²) in [6.45, 7) is 4.29. The lowest BCUT2D eigenvalue weighted by Gasteiger charge is -2.03. The number of anilines is 1. The Morgan fingerprint density at radius 3 is 2.90 bits per heavy atom. The minimum absolute atomic E-state index is 0.147. The van der Waals surface area contributed by atoms with Crippen molar-refractivity contribution < 1.29 is 4.79 Å². The number of benzene rings is 1. The zero-order valence-electron chi connectivity index (χ0n) is 11.1. The lowest BCUT2D eigenvalue weighted by atomic mass is 10.2. The molecular weight excluding hydrogens is 405 g/mol. The van der Waals surface area contributed by atoms with Gasteiger partial charge in [-0.3, -0.25) is 10.1 Å². The molecule has 2 aromatic rings. The average molecular weight is 419 g/mol. The summed E-state index contributed by atoms with van der Waals surface area (Å²) in [5.41, 5.74) is 0.652. The number of hydrogen-bond acceptors (Lipinski definition) is 5. The second kappa shape index (κ2) is 7.37. The number of carbonyl (C=O) groups is 1. The van der Waals surface area contributed by atoms with Crippen LogP contribution in [0.2, 0.25) is 0 Å². The van der Waals surface area contributed by atoms with Crippen molar-refractivity contribution in [3.05, 3.63) is 33.4 Å². The molecule has 1 amide bonds. The minimum atomic E-state index is -0.147. The number of halogens is 1. The highest BCUT2D eigenvalue weighted by Crippen LogP contribution is 2.30. The molecule has 1 heterocycles. The number of thioether (sulfide) groups is 1. The van der Waals surface area contributed by atoms with Crippen LogP contribution in [0.5, 0.6) is 0 Å². The third-order valence-electron chi connectivity index (χ3n) is 2.62. The number of amides is 1. The molecule has 0 spiro atoms. The van der Waals surface area contributed by atoms with Crippen LogP contribution in [0.15, 0.2) is 28.6 Å². The van der Waals surface area contributed by atoms with Crippen molar-refractivity contribution in [1.29, 1.82) is 0 Å². The quantitative estimate of drug-likeness (QED) is 0.447. The van der Waals surface area contributed by atoms with Gasteiger partial charge in [-0.15, -0.1) is 10.2 Å². The first-order valence-corrected chi connectivity index (χ1v) is 8.93. The Hall–Kier alpha value is -0.670. The first-order valence-electron chi connectivity index (χ1n) is 6.16. The summed E-state index contributed by atoms with van der Waals surface area (Å²) in [5.74, 6) is -0.147. The van der Waals surface area contributed by atoms with Gasteiger partial charge in [-0.05, 0) is 41.1 Å². The third-order valence-corrected chi connectivity index (χ3v) is 5.75. The Kier molecular flexibility index (Phi) is 5.79. The van der Waals surface area contributed by atoms with Gasteiger partial charge in [0.2, 0.25) is 5.13 Å². The molecule has 20 heavy (non-hydrogen) atoms. The van der Waals surface area contributed by atoms with Crippen molar-refractivity contribution in [2.45, 2.75) is 29.9 Å². The van der Waals surface area contributed by atoms with Gasteiger partial charge in [-0.2, -0.15) is 0 Å². The summed E-state index contributed by atoms with van der Waals surface area (Å²) in [6.07, 6.45) is 1.08. The maximum absolute atomic E-state index is 12.1. The molecule has 1 unspecified atom stereocenters. The molecule has 7 heteroatoms. The number of rotatable bonds is 5. The highest BCUT2D eigenvalue weighted by molar-refractivity contribution is 14.1. The largest absolute Gasteiger partial charge is 0.296 e. The summed E-state index contributed by atoms with van der Waals surface area (Å²) in [4.78, 5) is 12.1. The van der Waals surface area contributed by atoms with E-state index in [9.17, 15) is 4.79 Å². The summed E-state index contributed by atoms with van der Waals surface area (Å²) >= 11 is 5.24. The van der Waals surface area contributed by atoms with Crippen molar-refractivity contribution in [3.8, 4) is 0 Å². The Morgan fingerprint density at radius 1 is 1.45 bits per heavy atom. The monoisotopic (exact) mass is 419 g/mol. The fourth-order valence-corrected chi connectivity index (χ4v) is 4.00. The van der Waals surface area contributed by atoms with Gasteiger partial charge in [0, 0.05) is 8.82 Å². The van der Waals surface area contributed by atoms with Crippen molar-refractivity contribution in [2.75, 3.05) is 5.32 Å². The molecule has 0 aliphatic heterocycles. The van der Waals surface area contributed by atoms with Gasteiger partial charge in [0.25, 0.3) is 5.91 Å². The van der Waals surface area contributed by atoms with E-state index >= 15 is 0 Å². The zero-order valence-corrected chi connectivity index (χ0v) is 14.9. The molecule has 1 aromatic carbocycles. The van der Waals surface area contributed by atoms with Crippen LogP contribution in [-0.2, 0) is 0 Å². The molecule has 106 valence electrons. The first kappa shape index (κ1) is 15.7. The van der Waals surface area contributed by atoms with Crippen molar-refractivity contribution in [2.24, 2.45) is 0 Å².